The molecule has 4 saturated carbocycles. The first kappa shape index (κ1) is 39.6. The van der Waals surface area contributed by atoms with Crippen molar-refractivity contribution in [1.29, 1.82) is 0 Å². The molecule has 4 aliphatic carbocycles. The van der Waals surface area contributed by atoms with Gasteiger partial charge in [-0.1, -0.05) is 13.8 Å². The molecule has 13 heteroatoms. The third-order valence-electron chi connectivity index (χ3n) is 15.9. The summed E-state index contributed by atoms with van der Waals surface area (Å²) < 4.78 is 42.2. The zero-order chi connectivity index (χ0) is 38.3. The van der Waals surface area contributed by atoms with E-state index in [1.54, 1.807) is 19.9 Å². The fourth-order valence-electron chi connectivity index (χ4n) is 12.8. The van der Waals surface area contributed by atoms with Crippen molar-refractivity contribution in [3.8, 4) is 0 Å². The van der Waals surface area contributed by atoms with E-state index in [4.69, 9.17) is 33.2 Å². The van der Waals surface area contributed by atoms with E-state index < -0.39 is 79.4 Å². The van der Waals surface area contributed by atoms with Gasteiger partial charge in [0.05, 0.1) is 48.3 Å². The molecular weight excluding hydrogens is 700 g/mol. The van der Waals surface area contributed by atoms with Gasteiger partial charge < -0.3 is 58.7 Å². The number of fused-ring (bicyclic) bond motifs is 5. The van der Waals surface area contributed by atoms with Gasteiger partial charge in [0.2, 0.25) is 0 Å². The van der Waals surface area contributed by atoms with Gasteiger partial charge in [0.15, 0.2) is 18.9 Å². The molecule has 0 radical (unpaired) electrons. The molecule has 0 spiro atoms. The molecule has 3 unspecified atom stereocenters. The number of aliphatic hydroxyl groups excluding tert-OH is 4. The summed E-state index contributed by atoms with van der Waals surface area (Å²) >= 11 is 0. The molecule has 0 aromatic carbocycles. The lowest BCUT2D eigenvalue weighted by Gasteiger charge is -2.64. The van der Waals surface area contributed by atoms with E-state index in [2.05, 4.69) is 13.8 Å². The third kappa shape index (κ3) is 6.82. The van der Waals surface area contributed by atoms with Crippen LogP contribution in [0.2, 0.25) is 0 Å². The van der Waals surface area contributed by atoms with Crippen molar-refractivity contribution in [2.75, 3.05) is 6.61 Å². The van der Waals surface area contributed by atoms with Gasteiger partial charge in [-0.2, -0.15) is 0 Å². The van der Waals surface area contributed by atoms with E-state index >= 15 is 0 Å². The van der Waals surface area contributed by atoms with Gasteiger partial charge in [0, 0.05) is 30.8 Å². The summed E-state index contributed by atoms with van der Waals surface area (Å²) in [5, 5.41) is 55.0. The van der Waals surface area contributed by atoms with Gasteiger partial charge in [0.25, 0.3) is 0 Å². The summed E-state index contributed by atoms with van der Waals surface area (Å²) in [5.41, 5.74) is 0.215. The number of esters is 1. The van der Waals surface area contributed by atoms with Crippen LogP contribution in [0.15, 0.2) is 11.6 Å². The molecule has 13 nitrogen and oxygen atoms in total. The SMILES string of the molecule is CC1O[C@@H](O[C@@H]2C(C)O[C@@H](O[C@@H]3C(C)O[C@@H](O[C@H]4CC[C@@]5(C)[C@H](CC[C@@H]6[C@@H]5CC[C@]5(C)[C@@H](C7=CC(=O)OC7)CC[C@]65O)C4)C[C@H]3O)C[C@H]2O)C[C@@H](O)[C@@H]1O. The average Bonchev–Trinajstić information content (AvgIpc) is 3.66. The van der Waals surface area contributed by atoms with Crippen molar-refractivity contribution in [3.05, 3.63) is 11.6 Å². The third-order valence-corrected chi connectivity index (χ3v) is 15.9. The Hall–Kier alpha value is -1.23. The molecule has 7 fully saturated rings. The molecule has 0 amide bonds. The van der Waals surface area contributed by atoms with Crippen LogP contribution >= 0.6 is 0 Å². The molecule has 0 bridgehead atoms. The second kappa shape index (κ2) is 14.9. The normalized spacial score (nSPS) is 55.0. The van der Waals surface area contributed by atoms with Crippen LogP contribution < -0.4 is 0 Å². The van der Waals surface area contributed by atoms with Crippen LogP contribution in [0.5, 0.6) is 0 Å². The molecule has 8 aliphatic rings. The van der Waals surface area contributed by atoms with Gasteiger partial charge in [-0.15, -0.1) is 0 Å². The summed E-state index contributed by atoms with van der Waals surface area (Å²) in [4.78, 5) is 11.9. The van der Waals surface area contributed by atoms with Crippen LogP contribution in [-0.2, 0) is 38.0 Å². The fraction of sp³-hybridized carbons (Fsp3) is 0.927. The minimum atomic E-state index is -0.996. The van der Waals surface area contributed by atoms with Crippen LogP contribution in [0.4, 0.5) is 0 Å². The lowest BCUT2D eigenvalue weighted by atomic mass is 9.43. The Bertz CT molecular complexity index is 1370. The molecule has 54 heavy (non-hydrogen) atoms. The highest BCUT2D eigenvalue weighted by atomic mass is 16.7. The maximum atomic E-state index is 12.6. The van der Waals surface area contributed by atoms with Crippen LogP contribution in [0.25, 0.3) is 0 Å². The van der Waals surface area contributed by atoms with E-state index in [1.165, 1.54) is 0 Å². The number of cyclic esters (lactones) is 1. The van der Waals surface area contributed by atoms with E-state index in [0.29, 0.717) is 18.4 Å². The Balaban J connectivity index is 0.826. The molecule has 4 heterocycles. The van der Waals surface area contributed by atoms with E-state index in [0.717, 1.165) is 63.4 Å². The Morgan fingerprint density at radius 2 is 1.30 bits per heavy atom. The molecule has 0 aromatic rings. The first-order chi connectivity index (χ1) is 25.6. The number of hydrogen-bond acceptors (Lipinski definition) is 13. The maximum absolute atomic E-state index is 12.6. The van der Waals surface area contributed by atoms with Gasteiger partial charge in [-0.05, 0) is 113 Å². The van der Waals surface area contributed by atoms with Gasteiger partial charge in [0.1, 0.15) is 24.9 Å². The Kier molecular flexibility index (Phi) is 10.9. The number of ether oxygens (including phenoxy) is 7. The molecule has 306 valence electrons. The lowest BCUT2D eigenvalue weighted by Crippen LogP contribution is -2.62. The monoisotopic (exact) mass is 764 g/mol. The van der Waals surface area contributed by atoms with Crippen LogP contribution in [-0.4, -0.2) is 124 Å². The molecule has 4 aliphatic heterocycles. The quantitative estimate of drug-likeness (QED) is 0.188. The Labute approximate surface area is 319 Å². The van der Waals surface area contributed by atoms with Gasteiger partial charge in [-0.3, -0.25) is 0 Å². The van der Waals surface area contributed by atoms with Gasteiger partial charge in [-0.25, -0.2) is 4.79 Å². The zero-order valence-corrected chi connectivity index (χ0v) is 32.6. The number of aliphatic hydroxyl groups is 5. The van der Waals surface area contributed by atoms with Crippen molar-refractivity contribution < 1.29 is 63.5 Å². The van der Waals surface area contributed by atoms with Gasteiger partial charge >= 0.3 is 5.97 Å². The number of carbonyl (C=O) groups is 1. The Morgan fingerprint density at radius 1 is 0.685 bits per heavy atom. The number of carbonyl (C=O) groups excluding carboxylic acids is 1. The minimum Gasteiger partial charge on any atom is -0.458 e. The topological polar surface area (TPSA) is 183 Å². The molecule has 20 atom stereocenters. The van der Waals surface area contributed by atoms with Crippen molar-refractivity contribution in [2.24, 2.45) is 34.5 Å². The zero-order valence-electron chi connectivity index (χ0n) is 32.6. The maximum Gasteiger partial charge on any atom is 0.331 e. The summed E-state index contributed by atoms with van der Waals surface area (Å²) in [5.74, 6) is 1.13. The molecule has 0 aromatic heterocycles. The van der Waals surface area contributed by atoms with Crippen molar-refractivity contribution in [1.82, 2.24) is 0 Å². The largest absolute Gasteiger partial charge is 0.458 e. The fourth-order valence-corrected chi connectivity index (χ4v) is 12.8. The summed E-state index contributed by atoms with van der Waals surface area (Å²) in [6, 6.07) is 0. The van der Waals surface area contributed by atoms with Crippen LogP contribution in [0.1, 0.15) is 112 Å². The summed E-state index contributed by atoms with van der Waals surface area (Å²) in [6.07, 6.45) is 1.90. The van der Waals surface area contributed by atoms with Crippen LogP contribution in [0, 0.1) is 34.5 Å². The van der Waals surface area contributed by atoms with Crippen LogP contribution in [0.3, 0.4) is 0 Å². The first-order valence-corrected chi connectivity index (χ1v) is 20.8. The summed E-state index contributed by atoms with van der Waals surface area (Å²) in [6.45, 7) is 10.4. The van der Waals surface area contributed by atoms with Crippen molar-refractivity contribution in [2.45, 2.75) is 197 Å². The number of rotatable bonds is 7. The lowest BCUT2D eigenvalue weighted by molar-refractivity contribution is -0.336. The average molecular weight is 765 g/mol. The minimum absolute atomic E-state index is 0.0243. The highest BCUT2D eigenvalue weighted by Gasteiger charge is 2.68. The standard InChI is InChI=1S/C41H64O13/c1-20-36(46)29(42)16-34(49-20)53-38-22(3)51-35(18-31(38)44)54-37-21(2)50-33(17-30(37)43)52-25-8-11-39(4)24(15-25)6-7-28-27(39)9-12-40(5)26(10-13-41(28,40)47)23-14-32(45)48-19-23/h14,20-22,24-31,33-38,42-44,46-47H,6-13,15-19H2,1-5H3/t20?,21?,22?,24-,25+,26-,27+,28-,29-,30-,31-,33+,34+,35+,36-,37-,38-,39+,40-,41+/m1/s1. The predicted octanol–water partition coefficient (Wildman–Crippen LogP) is 3.25. The molecular formula is C41H64O13. The second-order valence-electron chi connectivity index (χ2n) is 18.7. The molecule has 3 saturated heterocycles. The summed E-state index contributed by atoms with van der Waals surface area (Å²) in [7, 11) is 0. The second-order valence-corrected chi connectivity index (χ2v) is 18.7. The van der Waals surface area contributed by atoms with E-state index in [9.17, 15) is 30.3 Å². The predicted molar refractivity (Wildman–Crippen MR) is 191 cm³/mol. The highest BCUT2D eigenvalue weighted by Crippen LogP contribution is 2.70. The Morgan fingerprint density at radius 3 is 1.89 bits per heavy atom. The first-order valence-electron chi connectivity index (χ1n) is 20.8. The van der Waals surface area contributed by atoms with Crippen molar-refractivity contribution >= 4 is 5.97 Å². The van der Waals surface area contributed by atoms with E-state index in [1.807, 2.05) is 6.92 Å². The van der Waals surface area contributed by atoms with Crippen molar-refractivity contribution in [3.63, 3.8) is 0 Å². The number of hydrogen-bond donors (Lipinski definition) is 5. The smallest absolute Gasteiger partial charge is 0.331 e. The highest BCUT2D eigenvalue weighted by molar-refractivity contribution is 5.85. The molecule has 8 rings (SSSR count). The molecule has 5 N–H and O–H groups in total. The van der Waals surface area contributed by atoms with E-state index in [-0.39, 0.29) is 54.0 Å².